The first-order chi connectivity index (χ1) is 9.92. The van der Waals surface area contributed by atoms with Crippen LogP contribution in [0.1, 0.15) is 17.2 Å². The average Bonchev–Trinajstić information content (AvgIpc) is 2.42. The van der Waals surface area contributed by atoms with Crippen molar-refractivity contribution in [1.82, 2.24) is 5.43 Å². The monoisotopic (exact) mass is 362 g/mol. The lowest BCUT2D eigenvalue weighted by molar-refractivity contribution is 0.492. The summed E-state index contributed by atoms with van der Waals surface area (Å²) in [5.74, 6) is 2.23. The first-order valence-electron chi connectivity index (χ1n) is 5.97. The van der Waals surface area contributed by atoms with Crippen molar-refractivity contribution < 1.29 is 17.6 Å². The number of nitrogens with two attached hydrogens (primary N) is 1. The van der Waals surface area contributed by atoms with E-state index in [1.807, 2.05) is 0 Å². The molecule has 0 radical (unpaired) electrons. The molecular weight excluding hydrogens is 352 g/mol. The van der Waals surface area contributed by atoms with E-state index in [4.69, 9.17) is 5.84 Å². The van der Waals surface area contributed by atoms with Gasteiger partial charge < -0.3 is 0 Å². The van der Waals surface area contributed by atoms with E-state index in [1.54, 1.807) is 0 Å². The van der Waals surface area contributed by atoms with Crippen LogP contribution in [-0.4, -0.2) is 0 Å². The Hall–Kier alpha value is -1.44. The van der Waals surface area contributed by atoms with Crippen molar-refractivity contribution in [1.29, 1.82) is 0 Å². The van der Waals surface area contributed by atoms with Gasteiger partial charge in [-0.25, -0.2) is 17.6 Å². The SMILES string of the molecule is NNC(Cc1c(F)ccc(Br)c1F)c1cc(F)cc(F)c1. The fraction of sp³-hybridized carbons (Fsp3) is 0.143. The first kappa shape index (κ1) is 15.9. The molecule has 3 N–H and O–H groups in total. The molecule has 0 aromatic heterocycles. The van der Waals surface area contributed by atoms with Gasteiger partial charge in [-0.2, -0.15) is 0 Å². The van der Waals surface area contributed by atoms with Crippen molar-refractivity contribution in [3.63, 3.8) is 0 Å². The molecule has 0 aliphatic heterocycles. The van der Waals surface area contributed by atoms with Crippen molar-refractivity contribution in [2.45, 2.75) is 12.5 Å². The molecule has 2 aromatic carbocycles. The number of hydrogen-bond acceptors (Lipinski definition) is 2. The summed E-state index contributed by atoms with van der Waals surface area (Å²) in [4.78, 5) is 0. The largest absolute Gasteiger partial charge is 0.271 e. The molecule has 2 rings (SSSR count). The maximum atomic E-state index is 13.9. The Labute approximate surface area is 127 Å². The van der Waals surface area contributed by atoms with Gasteiger partial charge in [-0.15, -0.1) is 0 Å². The Balaban J connectivity index is 2.38. The van der Waals surface area contributed by atoms with E-state index in [1.165, 1.54) is 6.07 Å². The summed E-state index contributed by atoms with van der Waals surface area (Å²) in [5, 5.41) is 0. The minimum atomic E-state index is -0.839. The van der Waals surface area contributed by atoms with E-state index >= 15 is 0 Å². The predicted molar refractivity (Wildman–Crippen MR) is 74.2 cm³/mol. The van der Waals surface area contributed by atoms with Crippen LogP contribution in [0.25, 0.3) is 0 Å². The number of halogens is 5. The van der Waals surface area contributed by atoms with Gasteiger partial charge in [0.1, 0.15) is 23.3 Å². The summed E-state index contributed by atoms with van der Waals surface area (Å²) in [7, 11) is 0. The highest BCUT2D eigenvalue weighted by Gasteiger charge is 2.19. The molecular formula is C14H11BrF4N2. The lowest BCUT2D eigenvalue weighted by atomic mass is 9.98. The highest BCUT2D eigenvalue weighted by atomic mass is 79.9. The van der Waals surface area contributed by atoms with Gasteiger partial charge in [-0.1, -0.05) is 0 Å². The summed E-state index contributed by atoms with van der Waals surface area (Å²) in [6.07, 6.45) is -0.198. The fourth-order valence-electron chi connectivity index (χ4n) is 2.01. The first-order valence-corrected chi connectivity index (χ1v) is 6.76. The van der Waals surface area contributed by atoms with Gasteiger partial charge in [0.05, 0.1) is 10.5 Å². The lowest BCUT2D eigenvalue weighted by Crippen LogP contribution is -2.30. The molecule has 0 bridgehead atoms. The number of hydrogen-bond donors (Lipinski definition) is 2. The van der Waals surface area contributed by atoms with E-state index in [0.717, 1.165) is 18.2 Å². The molecule has 0 saturated heterocycles. The Bertz CT molecular complexity index is 643. The minimum absolute atomic E-state index is 0.0973. The van der Waals surface area contributed by atoms with Crippen LogP contribution in [0, 0.1) is 23.3 Å². The van der Waals surface area contributed by atoms with Gasteiger partial charge in [0, 0.05) is 11.6 Å². The van der Waals surface area contributed by atoms with Gasteiger partial charge in [-0.3, -0.25) is 11.3 Å². The third kappa shape index (κ3) is 3.61. The van der Waals surface area contributed by atoms with Gasteiger partial charge in [0.15, 0.2) is 0 Å². The molecule has 0 saturated carbocycles. The van der Waals surface area contributed by atoms with E-state index in [9.17, 15) is 17.6 Å². The molecule has 0 aliphatic carbocycles. The Morgan fingerprint density at radius 3 is 2.24 bits per heavy atom. The van der Waals surface area contributed by atoms with E-state index in [2.05, 4.69) is 21.4 Å². The van der Waals surface area contributed by atoms with Gasteiger partial charge in [0.25, 0.3) is 0 Å². The Kier molecular flexibility index (Phi) is 4.97. The molecule has 21 heavy (non-hydrogen) atoms. The zero-order valence-corrected chi connectivity index (χ0v) is 12.2. The van der Waals surface area contributed by atoms with Crippen LogP contribution in [0.5, 0.6) is 0 Å². The topological polar surface area (TPSA) is 38.0 Å². The second kappa shape index (κ2) is 6.55. The molecule has 0 aliphatic rings. The van der Waals surface area contributed by atoms with Crippen LogP contribution < -0.4 is 11.3 Å². The van der Waals surface area contributed by atoms with E-state index in [-0.39, 0.29) is 22.0 Å². The average molecular weight is 363 g/mol. The molecule has 0 fully saturated rings. The third-order valence-corrected chi connectivity index (χ3v) is 3.65. The molecule has 2 nitrogen and oxygen atoms in total. The summed E-state index contributed by atoms with van der Waals surface area (Å²) in [5.41, 5.74) is 2.25. The summed E-state index contributed by atoms with van der Waals surface area (Å²) in [6.45, 7) is 0. The van der Waals surface area contributed by atoms with E-state index in [0.29, 0.717) is 6.07 Å². The van der Waals surface area contributed by atoms with Crippen LogP contribution in [0.3, 0.4) is 0 Å². The second-order valence-electron chi connectivity index (χ2n) is 4.45. The van der Waals surface area contributed by atoms with Crippen LogP contribution in [0.4, 0.5) is 17.6 Å². The molecule has 7 heteroatoms. The fourth-order valence-corrected chi connectivity index (χ4v) is 2.38. The van der Waals surface area contributed by atoms with Crippen molar-refractivity contribution >= 4 is 15.9 Å². The molecule has 0 amide bonds. The van der Waals surface area contributed by atoms with Crippen molar-refractivity contribution in [3.8, 4) is 0 Å². The highest BCUT2D eigenvalue weighted by molar-refractivity contribution is 9.10. The third-order valence-electron chi connectivity index (χ3n) is 3.04. The minimum Gasteiger partial charge on any atom is -0.271 e. The standard InChI is InChI=1S/C14H11BrF4N2/c15-11-1-2-12(18)10(14(11)19)6-13(21-20)7-3-8(16)5-9(17)4-7/h1-5,13,21H,6,20H2. The highest BCUT2D eigenvalue weighted by Crippen LogP contribution is 2.27. The second-order valence-corrected chi connectivity index (χ2v) is 5.30. The van der Waals surface area contributed by atoms with Crippen molar-refractivity contribution in [2.24, 2.45) is 5.84 Å². The number of benzene rings is 2. The molecule has 2 aromatic rings. The zero-order chi connectivity index (χ0) is 15.6. The Morgan fingerprint density at radius 1 is 1.05 bits per heavy atom. The maximum absolute atomic E-state index is 13.9. The van der Waals surface area contributed by atoms with Crippen molar-refractivity contribution in [3.05, 3.63) is 69.2 Å². The molecule has 112 valence electrons. The quantitative estimate of drug-likeness (QED) is 0.376. The van der Waals surface area contributed by atoms with Gasteiger partial charge >= 0.3 is 0 Å². The maximum Gasteiger partial charge on any atom is 0.143 e. The van der Waals surface area contributed by atoms with Crippen molar-refractivity contribution in [2.75, 3.05) is 0 Å². The van der Waals surface area contributed by atoms with Gasteiger partial charge in [-0.05, 0) is 52.2 Å². The number of rotatable bonds is 4. The lowest BCUT2D eigenvalue weighted by Gasteiger charge is -2.18. The molecule has 0 spiro atoms. The number of hydrazine groups is 1. The number of nitrogens with one attached hydrogen (secondary N) is 1. The molecule has 1 atom stereocenters. The Morgan fingerprint density at radius 2 is 1.67 bits per heavy atom. The predicted octanol–water partition coefficient (Wildman–Crippen LogP) is 3.75. The van der Waals surface area contributed by atoms with Crippen LogP contribution in [-0.2, 0) is 6.42 Å². The molecule has 0 heterocycles. The van der Waals surface area contributed by atoms with Gasteiger partial charge in [0.2, 0.25) is 0 Å². The summed E-state index contributed by atoms with van der Waals surface area (Å²) in [6, 6.07) is 4.32. The normalized spacial score (nSPS) is 12.5. The van der Waals surface area contributed by atoms with Crippen LogP contribution in [0.15, 0.2) is 34.8 Å². The molecule has 1 unspecified atom stereocenters. The van der Waals surface area contributed by atoms with Crippen LogP contribution >= 0.6 is 15.9 Å². The van der Waals surface area contributed by atoms with E-state index < -0.39 is 29.3 Å². The summed E-state index contributed by atoms with van der Waals surface area (Å²) >= 11 is 2.96. The zero-order valence-electron chi connectivity index (χ0n) is 10.6. The summed E-state index contributed by atoms with van der Waals surface area (Å²) < 4.78 is 54.2. The smallest absolute Gasteiger partial charge is 0.143 e. The van der Waals surface area contributed by atoms with Crippen LogP contribution in [0.2, 0.25) is 0 Å².